The molecular weight excluding hydrogens is 312 g/mol. The molecule has 0 fully saturated rings. The third kappa shape index (κ3) is 6.36. The summed E-state index contributed by atoms with van der Waals surface area (Å²) in [4.78, 5) is 36.0. The summed E-state index contributed by atoms with van der Waals surface area (Å²) < 4.78 is 4.61. The van der Waals surface area contributed by atoms with Gasteiger partial charge in [-0.25, -0.2) is 0 Å². The summed E-state index contributed by atoms with van der Waals surface area (Å²) in [5.41, 5.74) is 0.318. The molecule has 7 nitrogen and oxygen atoms in total. The Bertz CT molecular complexity index is 574. The minimum absolute atomic E-state index is 0.0511. The lowest BCUT2D eigenvalue weighted by molar-refractivity contribution is -0.385. The highest BCUT2D eigenvalue weighted by atomic mass is 16.6. The van der Waals surface area contributed by atoms with Gasteiger partial charge in [-0.1, -0.05) is 38.0 Å². The number of hydrogen-bond acceptors (Lipinski definition) is 5. The van der Waals surface area contributed by atoms with Crippen LogP contribution in [0.4, 0.5) is 5.69 Å². The molecule has 0 saturated heterocycles. The Kier molecular flexibility index (Phi) is 8.46. The Morgan fingerprint density at radius 1 is 1.21 bits per heavy atom. The van der Waals surface area contributed by atoms with Gasteiger partial charge in [0.25, 0.3) is 5.69 Å². The summed E-state index contributed by atoms with van der Waals surface area (Å²) in [6, 6.07) is 6.22. The van der Waals surface area contributed by atoms with Crippen molar-refractivity contribution in [3.63, 3.8) is 0 Å². The van der Waals surface area contributed by atoms with Gasteiger partial charge in [0, 0.05) is 24.7 Å². The molecule has 0 atom stereocenters. The van der Waals surface area contributed by atoms with Crippen molar-refractivity contribution in [2.75, 3.05) is 20.2 Å². The molecule has 1 aromatic carbocycles. The van der Waals surface area contributed by atoms with E-state index in [-0.39, 0.29) is 37.0 Å². The normalized spacial score (nSPS) is 10.2. The van der Waals surface area contributed by atoms with E-state index in [4.69, 9.17) is 0 Å². The van der Waals surface area contributed by atoms with Crippen LogP contribution in [-0.2, 0) is 20.7 Å². The largest absolute Gasteiger partial charge is 0.469 e. The van der Waals surface area contributed by atoms with Crippen molar-refractivity contribution in [1.82, 2.24) is 4.90 Å². The number of ether oxygens (including phenoxy) is 1. The van der Waals surface area contributed by atoms with Crippen LogP contribution in [-0.4, -0.2) is 41.9 Å². The van der Waals surface area contributed by atoms with E-state index in [9.17, 15) is 19.7 Å². The zero-order chi connectivity index (χ0) is 17.9. The number of hydrogen-bond donors (Lipinski definition) is 0. The summed E-state index contributed by atoms with van der Waals surface area (Å²) in [5, 5.41) is 11.1. The van der Waals surface area contributed by atoms with Gasteiger partial charge in [0.2, 0.25) is 5.91 Å². The molecule has 0 heterocycles. The summed E-state index contributed by atoms with van der Waals surface area (Å²) in [7, 11) is 1.30. The summed E-state index contributed by atoms with van der Waals surface area (Å²) in [6.45, 7) is 2.86. The van der Waals surface area contributed by atoms with E-state index in [0.29, 0.717) is 12.1 Å². The molecule has 0 aliphatic carbocycles. The molecule has 1 amide bonds. The second-order valence-electron chi connectivity index (χ2n) is 5.48. The number of nitro benzene ring substituents is 1. The number of nitrogens with zero attached hydrogens (tertiary/aromatic N) is 2. The van der Waals surface area contributed by atoms with E-state index in [1.54, 1.807) is 23.1 Å². The fraction of sp³-hybridized carbons (Fsp3) is 0.529. The van der Waals surface area contributed by atoms with Gasteiger partial charge in [0.15, 0.2) is 0 Å². The number of nitro groups is 1. The number of benzene rings is 1. The van der Waals surface area contributed by atoms with Crippen molar-refractivity contribution in [3.05, 3.63) is 39.9 Å². The monoisotopic (exact) mass is 336 g/mol. The Labute approximate surface area is 141 Å². The molecule has 1 aromatic rings. The van der Waals surface area contributed by atoms with Gasteiger partial charge in [0.05, 0.1) is 24.9 Å². The molecule has 0 aliphatic heterocycles. The Balaban J connectivity index is 2.79. The molecule has 0 N–H and O–H groups in total. The maximum atomic E-state index is 12.5. The lowest BCUT2D eigenvalue weighted by Gasteiger charge is -2.22. The van der Waals surface area contributed by atoms with Crippen LogP contribution in [0.2, 0.25) is 0 Å². The van der Waals surface area contributed by atoms with Gasteiger partial charge in [-0.05, 0) is 6.42 Å². The van der Waals surface area contributed by atoms with Gasteiger partial charge >= 0.3 is 5.97 Å². The van der Waals surface area contributed by atoms with E-state index in [1.165, 1.54) is 13.2 Å². The molecule has 0 saturated carbocycles. The summed E-state index contributed by atoms with van der Waals surface area (Å²) >= 11 is 0. The van der Waals surface area contributed by atoms with Gasteiger partial charge in [-0.15, -0.1) is 0 Å². The second-order valence-corrected chi connectivity index (χ2v) is 5.48. The van der Waals surface area contributed by atoms with Crippen molar-refractivity contribution < 1.29 is 19.2 Å². The number of esters is 1. The standard InChI is InChI=1S/C17H24N2O5/c1-3-4-7-11-18(12-10-17(21)24-2)16(20)13-14-8-5-6-9-15(14)19(22)23/h5-6,8-9H,3-4,7,10-13H2,1-2H3. The maximum Gasteiger partial charge on any atom is 0.307 e. The van der Waals surface area contributed by atoms with Gasteiger partial charge in [-0.2, -0.15) is 0 Å². The second kappa shape index (κ2) is 10.4. The van der Waals surface area contributed by atoms with Crippen molar-refractivity contribution in [2.45, 2.75) is 39.0 Å². The third-order valence-corrected chi connectivity index (χ3v) is 3.73. The molecule has 0 aliphatic rings. The first-order valence-corrected chi connectivity index (χ1v) is 8.06. The van der Waals surface area contributed by atoms with Crippen molar-refractivity contribution in [1.29, 1.82) is 0 Å². The molecule has 1 rings (SSSR count). The van der Waals surface area contributed by atoms with Crippen LogP contribution in [0, 0.1) is 10.1 Å². The van der Waals surface area contributed by atoms with Crippen LogP contribution in [0.3, 0.4) is 0 Å². The predicted molar refractivity (Wildman–Crippen MR) is 89.5 cm³/mol. The number of carbonyl (C=O) groups excluding carboxylic acids is 2. The van der Waals surface area contributed by atoms with Crippen LogP contribution in [0.25, 0.3) is 0 Å². The van der Waals surface area contributed by atoms with Gasteiger partial charge in [-0.3, -0.25) is 19.7 Å². The zero-order valence-electron chi connectivity index (χ0n) is 14.2. The molecule has 0 unspecified atom stereocenters. The lowest BCUT2D eigenvalue weighted by Crippen LogP contribution is -2.35. The van der Waals surface area contributed by atoms with Crippen LogP contribution in [0.1, 0.15) is 38.2 Å². The highest BCUT2D eigenvalue weighted by molar-refractivity contribution is 5.80. The average molecular weight is 336 g/mol. The number of unbranched alkanes of at least 4 members (excludes halogenated alkanes) is 2. The summed E-state index contributed by atoms with van der Waals surface area (Å²) in [5.74, 6) is -0.599. The quantitative estimate of drug-likeness (QED) is 0.284. The minimum atomic E-state index is -0.488. The maximum absolute atomic E-state index is 12.5. The highest BCUT2D eigenvalue weighted by Crippen LogP contribution is 2.19. The molecule has 0 aromatic heterocycles. The number of para-hydroxylation sites is 1. The summed E-state index contributed by atoms with van der Waals surface area (Å²) in [6.07, 6.45) is 2.90. The van der Waals surface area contributed by atoms with Crippen LogP contribution >= 0.6 is 0 Å². The first kappa shape index (κ1) is 19.6. The fourth-order valence-corrected chi connectivity index (χ4v) is 2.36. The molecule has 0 spiro atoms. The van der Waals surface area contributed by atoms with Gasteiger partial charge in [0.1, 0.15) is 0 Å². The van der Waals surface area contributed by atoms with E-state index < -0.39 is 4.92 Å². The Morgan fingerprint density at radius 2 is 1.92 bits per heavy atom. The van der Waals surface area contributed by atoms with Crippen LogP contribution in [0.5, 0.6) is 0 Å². The number of rotatable bonds is 10. The SMILES string of the molecule is CCCCCN(CCC(=O)OC)C(=O)Cc1ccccc1[N+](=O)[O-]. The predicted octanol–water partition coefficient (Wildman–Crippen LogP) is 2.72. The van der Waals surface area contributed by atoms with Crippen molar-refractivity contribution in [3.8, 4) is 0 Å². The lowest BCUT2D eigenvalue weighted by atomic mass is 10.1. The third-order valence-electron chi connectivity index (χ3n) is 3.73. The minimum Gasteiger partial charge on any atom is -0.469 e. The van der Waals surface area contributed by atoms with Gasteiger partial charge < -0.3 is 9.64 Å². The highest BCUT2D eigenvalue weighted by Gasteiger charge is 2.20. The first-order chi connectivity index (χ1) is 11.5. The molecule has 132 valence electrons. The smallest absolute Gasteiger partial charge is 0.307 e. The van der Waals surface area contributed by atoms with Crippen molar-refractivity contribution >= 4 is 17.6 Å². The number of methoxy groups -OCH3 is 1. The molecule has 24 heavy (non-hydrogen) atoms. The topological polar surface area (TPSA) is 89.8 Å². The molecule has 0 radical (unpaired) electrons. The fourth-order valence-electron chi connectivity index (χ4n) is 2.36. The molecule has 0 bridgehead atoms. The van der Waals surface area contributed by atoms with Crippen LogP contribution < -0.4 is 0 Å². The average Bonchev–Trinajstić information content (AvgIpc) is 2.57. The van der Waals surface area contributed by atoms with Crippen LogP contribution in [0.15, 0.2) is 24.3 Å². The number of carbonyl (C=O) groups is 2. The molecule has 7 heteroatoms. The number of amides is 1. The van der Waals surface area contributed by atoms with E-state index in [0.717, 1.165) is 19.3 Å². The van der Waals surface area contributed by atoms with E-state index in [2.05, 4.69) is 11.7 Å². The molecular formula is C17H24N2O5. The zero-order valence-corrected chi connectivity index (χ0v) is 14.2. The Morgan fingerprint density at radius 3 is 2.54 bits per heavy atom. The van der Waals surface area contributed by atoms with E-state index >= 15 is 0 Å². The Hall–Kier alpha value is -2.44. The van der Waals surface area contributed by atoms with E-state index in [1.807, 2.05) is 0 Å². The van der Waals surface area contributed by atoms with Crippen molar-refractivity contribution in [2.24, 2.45) is 0 Å². The first-order valence-electron chi connectivity index (χ1n) is 8.06.